The molecule has 0 unspecified atom stereocenters. The molecule has 6 heteroatoms. The van der Waals surface area contributed by atoms with Gasteiger partial charge in [-0.3, -0.25) is 4.79 Å². The minimum Gasteiger partial charge on any atom is -0.364 e. The normalized spacial score (nSPS) is 10.2. The van der Waals surface area contributed by atoms with Crippen molar-refractivity contribution in [3.8, 4) is 5.82 Å². The van der Waals surface area contributed by atoms with Crippen molar-refractivity contribution < 1.29 is 4.79 Å². The molecule has 0 aliphatic rings. The lowest BCUT2D eigenvalue weighted by Crippen LogP contribution is -2.16. The average molecular weight is 203 g/mol. The lowest BCUT2D eigenvalue weighted by molar-refractivity contribution is 0.0994. The van der Waals surface area contributed by atoms with Crippen LogP contribution < -0.4 is 5.73 Å². The molecule has 0 saturated heterocycles. The molecular formula is C9H9N5O. The van der Waals surface area contributed by atoms with Crippen molar-refractivity contribution in [1.82, 2.24) is 19.7 Å². The minimum atomic E-state index is -0.577. The first kappa shape index (κ1) is 9.32. The van der Waals surface area contributed by atoms with Crippen LogP contribution in [0.3, 0.4) is 0 Å². The quantitative estimate of drug-likeness (QED) is 0.748. The van der Waals surface area contributed by atoms with E-state index >= 15 is 0 Å². The molecule has 0 radical (unpaired) electrons. The molecule has 0 bridgehead atoms. The molecule has 0 spiro atoms. The molecule has 2 heterocycles. The van der Waals surface area contributed by atoms with Crippen LogP contribution in [-0.2, 0) is 0 Å². The van der Waals surface area contributed by atoms with Crippen LogP contribution in [-0.4, -0.2) is 25.7 Å². The van der Waals surface area contributed by atoms with Gasteiger partial charge in [-0.25, -0.2) is 14.6 Å². The minimum absolute atomic E-state index is 0.186. The maximum Gasteiger partial charge on any atom is 0.269 e. The van der Waals surface area contributed by atoms with E-state index in [0.29, 0.717) is 11.5 Å². The fourth-order valence-electron chi connectivity index (χ4n) is 1.23. The van der Waals surface area contributed by atoms with Gasteiger partial charge in [0.1, 0.15) is 5.69 Å². The summed E-state index contributed by atoms with van der Waals surface area (Å²) in [6.45, 7) is 1.68. The van der Waals surface area contributed by atoms with Gasteiger partial charge in [0.15, 0.2) is 5.82 Å². The zero-order chi connectivity index (χ0) is 10.8. The van der Waals surface area contributed by atoms with Crippen LogP contribution in [0.5, 0.6) is 0 Å². The lowest BCUT2D eigenvalue weighted by Gasteiger charge is -2.03. The highest BCUT2D eigenvalue weighted by Gasteiger charge is 2.09. The van der Waals surface area contributed by atoms with Gasteiger partial charge in [-0.05, 0) is 13.0 Å². The van der Waals surface area contributed by atoms with Crippen LogP contribution in [0, 0.1) is 6.92 Å². The zero-order valence-electron chi connectivity index (χ0n) is 8.08. The van der Waals surface area contributed by atoms with Gasteiger partial charge < -0.3 is 5.73 Å². The number of nitrogens with two attached hydrogens (primary N) is 1. The molecule has 0 saturated carbocycles. The summed E-state index contributed by atoms with van der Waals surface area (Å²) < 4.78 is 1.56. The summed E-state index contributed by atoms with van der Waals surface area (Å²) >= 11 is 0. The molecule has 2 aromatic rings. The summed E-state index contributed by atoms with van der Waals surface area (Å²) in [5.41, 5.74) is 5.80. The summed E-state index contributed by atoms with van der Waals surface area (Å²) in [4.78, 5) is 19.0. The van der Waals surface area contributed by atoms with E-state index in [2.05, 4.69) is 15.1 Å². The van der Waals surface area contributed by atoms with Crippen LogP contribution >= 0.6 is 0 Å². The molecule has 2 rings (SSSR count). The second-order valence-electron chi connectivity index (χ2n) is 2.98. The third-order valence-electron chi connectivity index (χ3n) is 1.91. The third kappa shape index (κ3) is 1.69. The first-order chi connectivity index (χ1) is 7.18. The Morgan fingerprint density at radius 1 is 1.53 bits per heavy atom. The Balaban J connectivity index is 2.47. The number of aryl methyl sites for hydroxylation is 1. The smallest absolute Gasteiger partial charge is 0.269 e. The van der Waals surface area contributed by atoms with Crippen LogP contribution in [0.25, 0.3) is 5.82 Å². The van der Waals surface area contributed by atoms with Gasteiger partial charge in [-0.2, -0.15) is 5.10 Å². The standard InChI is InChI=1S/C9H9N5O/c1-6-8(9(10)15)11-5-7(13-6)14-4-2-3-12-14/h2-5H,1H3,(H2,10,15). The van der Waals surface area contributed by atoms with Crippen molar-refractivity contribution in [1.29, 1.82) is 0 Å². The Bertz CT molecular complexity index is 491. The maximum atomic E-state index is 10.9. The molecule has 6 nitrogen and oxygen atoms in total. The molecular weight excluding hydrogens is 194 g/mol. The van der Waals surface area contributed by atoms with E-state index in [-0.39, 0.29) is 5.69 Å². The Labute approximate surface area is 85.8 Å². The van der Waals surface area contributed by atoms with E-state index in [1.54, 1.807) is 30.1 Å². The van der Waals surface area contributed by atoms with Crippen molar-refractivity contribution in [2.45, 2.75) is 6.92 Å². The van der Waals surface area contributed by atoms with Gasteiger partial charge in [-0.15, -0.1) is 0 Å². The van der Waals surface area contributed by atoms with Gasteiger partial charge in [0.25, 0.3) is 5.91 Å². The molecule has 0 aliphatic carbocycles. The Morgan fingerprint density at radius 2 is 2.33 bits per heavy atom. The number of carbonyl (C=O) groups is 1. The molecule has 15 heavy (non-hydrogen) atoms. The number of rotatable bonds is 2. The molecule has 1 amide bonds. The van der Waals surface area contributed by atoms with Crippen molar-refractivity contribution in [2.75, 3.05) is 0 Å². The van der Waals surface area contributed by atoms with Crippen molar-refractivity contribution >= 4 is 5.91 Å². The Hall–Kier alpha value is -2.24. The molecule has 0 fully saturated rings. The highest BCUT2D eigenvalue weighted by atomic mass is 16.1. The van der Waals surface area contributed by atoms with Gasteiger partial charge >= 0.3 is 0 Å². The third-order valence-corrected chi connectivity index (χ3v) is 1.91. The lowest BCUT2D eigenvalue weighted by atomic mass is 10.3. The van der Waals surface area contributed by atoms with E-state index in [1.165, 1.54) is 6.20 Å². The SMILES string of the molecule is Cc1nc(-n2cccn2)cnc1C(N)=O. The largest absolute Gasteiger partial charge is 0.364 e. The van der Waals surface area contributed by atoms with Crippen molar-refractivity contribution in [3.05, 3.63) is 36.0 Å². The number of carbonyl (C=O) groups excluding carboxylic acids is 1. The predicted octanol–water partition coefficient (Wildman–Crippen LogP) is 0.0696. The van der Waals surface area contributed by atoms with Crippen molar-refractivity contribution in [3.63, 3.8) is 0 Å². The zero-order valence-corrected chi connectivity index (χ0v) is 8.08. The fraction of sp³-hybridized carbons (Fsp3) is 0.111. The van der Waals surface area contributed by atoms with E-state index in [4.69, 9.17) is 5.73 Å². The number of aromatic nitrogens is 4. The predicted molar refractivity (Wildman–Crippen MR) is 52.4 cm³/mol. The van der Waals surface area contributed by atoms with Gasteiger partial charge in [0.05, 0.1) is 11.9 Å². The Kier molecular flexibility index (Phi) is 2.17. The van der Waals surface area contributed by atoms with E-state index in [1.807, 2.05) is 0 Å². The first-order valence-corrected chi connectivity index (χ1v) is 4.32. The van der Waals surface area contributed by atoms with E-state index in [0.717, 1.165) is 0 Å². The van der Waals surface area contributed by atoms with Crippen LogP contribution in [0.15, 0.2) is 24.7 Å². The van der Waals surface area contributed by atoms with E-state index in [9.17, 15) is 4.79 Å². The monoisotopic (exact) mass is 203 g/mol. The summed E-state index contributed by atoms with van der Waals surface area (Å²) in [6.07, 6.45) is 4.84. The van der Waals surface area contributed by atoms with Crippen LogP contribution in [0.4, 0.5) is 0 Å². The fourth-order valence-corrected chi connectivity index (χ4v) is 1.23. The summed E-state index contributed by atoms with van der Waals surface area (Å²) in [7, 11) is 0. The molecule has 0 aliphatic heterocycles. The van der Waals surface area contributed by atoms with Gasteiger partial charge in [-0.1, -0.05) is 0 Å². The highest BCUT2D eigenvalue weighted by molar-refractivity contribution is 5.91. The van der Waals surface area contributed by atoms with Crippen LogP contribution in [0.1, 0.15) is 16.2 Å². The van der Waals surface area contributed by atoms with E-state index < -0.39 is 5.91 Å². The summed E-state index contributed by atoms with van der Waals surface area (Å²) in [5, 5.41) is 4.00. The summed E-state index contributed by atoms with van der Waals surface area (Å²) in [5.74, 6) is -0.0190. The second-order valence-corrected chi connectivity index (χ2v) is 2.98. The van der Waals surface area contributed by atoms with Crippen molar-refractivity contribution in [2.24, 2.45) is 5.73 Å². The topological polar surface area (TPSA) is 86.7 Å². The number of hydrogen-bond donors (Lipinski definition) is 1. The molecule has 2 N–H and O–H groups in total. The number of nitrogens with zero attached hydrogens (tertiary/aromatic N) is 4. The summed E-state index contributed by atoms with van der Waals surface area (Å²) in [6, 6.07) is 1.78. The van der Waals surface area contributed by atoms with Crippen LogP contribution in [0.2, 0.25) is 0 Å². The van der Waals surface area contributed by atoms with Gasteiger partial charge in [0.2, 0.25) is 0 Å². The molecule has 0 atom stereocenters. The highest BCUT2D eigenvalue weighted by Crippen LogP contribution is 2.05. The maximum absolute atomic E-state index is 10.9. The van der Waals surface area contributed by atoms with Gasteiger partial charge in [0, 0.05) is 12.4 Å². The number of hydrogen-bond acceptors (Lipinski definition) is 4. The first-order valence-electron chi connectivity index (χ1n) is 4.32. The average Bonchev–Trinajstić information content (AvgIpc) is 2.69. The molecule has 76 valence electrons. The Morgan fingerprint density at radius 3 is 2.87 bits per heavy atom. The molecule has 2 aromatic heterocycles. The number of primary amides is 1. The number of amides is 1. The molecule has 0 aromatic carbocycles. The second kappa shape index (κ2) is 3.49.